The summed E-state index contributed by atoms with van der Waals surface area (Å²) in [6, 6.07) is 39.8. The smallest absolute Gasteiger partial charge is 0.0547 e. The summed E-state index contributed by atoms with van der Waals surface area (Å²) in [6.45, 7) is 0. The molecule has 0 fully saturated rings. The highest BCUT2D eigenvalue weighted by Crippen LogP contribution is 2.42. The van der Waals surface area contributed by atoms with Gasteiger partial charge < -0.3 is 4.57 Å². The van der Waals surface area contributed by atoms with Gasteiger partial charge in [0.15, 0.2) is 0 Å². The van der Waals surface area contributed by atoms with Crippen LogP contribution >= 0.6 is 0 Å². The summed E-state index contributed by atoms with van der Waals surface area (Å²) >= 11 is 0. The van der Waals surface area contributed by atoms with E-state index in [9.17, 15) is 0 Å². The zero-order valence-electron chi connectivity index (χ0n) is 18.9. The lowest BCUT2D eigenvalue weighted by molar-refractivity contribution is 1.16. The van der Waals surface area contributed by atoms with Crippen LogP contribution in [0.1, 0.15) is 0 Å². The fourth-order valence-corrected chi connectivity index (χ4v) is 5.96. The topological polar surface area (TPSA) is 17.8 Å². The van der Waals surface area contributed by atoms with Crippen LogP contribution < -0.4 is 0 Å². The van der Waals surface area contributed by atoms with Crippen LogP contribution in [0.5, 0.6) is 0 Å². The average molecular weight is 445 g/mol. The van der Waals surface area contributed by atoms with E-state index in [2.05, 4.69) is 119 Å². The number of fused-ring (bicyclic) bond motifs is 11. The molecule has 0 aliphatic carbocycles. The van der Waals surface area contributed by atoms with Crippen molar-refractivity contribution < 1.29 is 0 Å². The van der Waals surface area contributed by atoms with Gasteiger partial charge >= 0.3 is 0 Å². The molecule has 8 rings (SSSR count). The Balaban J connectivity index is 1.69. The van der Waals surface area contributed by atoms with Gasteiger partial charge in [-0.3, -0.25) is 4.98 Å². The highest BCUT2D eigenvalue weighted by atomic mass is 15.0. The second kappa shape index (κ2) is 6.91. The second-order valence-electron chi connectivity index (χ2n) is 9.23. The standard InChI is InChI=1S/C33H20N2/c1-2-8-23-21(7-1)13-14-31-33(23)30-19-28-26-11-5-3-9-24(26)25-10-4-6-12-27(25)29(28)20-32(30)35(31)22-15-17-34-18-16-22/h1-20H. The van der Waals surface area contributed by atoms with Crippen molar-refractivity contribution in [3.05, 3.63) is 122 Å². The molecule has 2 heteroatoms. The zero-order chi connectivity index (χ0) is 22.9. The summed E-state index contributed by atoms with van der Waals surface area (Å²) in [5, 5.41) is 12.9. The van der Waals surface area contributed by atoms with Crippen LogP contribution in [0.4, 0.5) is 0 Å². The lowest BCUT2D eigenvalue weighted by atomic mass is 9.93. The van der Waals surface area contributed by atoms with Gasteiger partial charge in [-0.2, -0.15) is 0 Å². The molecule has 0 N–H and O–H groups in total. The Labute approximate surface area is 201 Å². The van der Waals surface area contributed by atoms with Gasteiger partial charge in [-0.1, -0.05) is 78.9 Å². The van der Waals surface area contributed by atoms with Gasteiger partial charge in [0, 0.05) is 28.9 Å². The molecule has 35 heavy (non-hydrogen) atoms. The summed E-state index contributed by atoms with van der Waals surface area (Å²) in [5.74, 6) is 0. The van der Waals surface area contributed by atoms with E-state index in [0.717, 1.165) is 5.69 Å². The molecule has 0 radical (unpaired) electrons. The Morgan fingerprint density at radius 1 is 0.429 bits per heavy atom. The van der Waals surface area contributed by atoms with E-state index in [4.69, 9.17) is 0 Å². The van der Waals surface area contributed by atoms with Crippen molar-refractivity contribution in [3.63, 3.8) is 0 Å². The Morgan fingerprint density at radius 2 is 1.00 bits per heavy atom. The molecule has 0 aliphatic heterocycles. The molecule has 0 bridgehead atoms. The van der Waals surface area contributed by atoms with Crippen molar-refractivity contribution in [1.82, 2.24) is 9.55 Å². The maximum Gasteiger partial charge on any atom is 0.0547 e. The molecule has 8 aromatic rings. The molecule has 0 saturated carbocycles. The van der Waals surface area contributed by atoms with Crippen molar-refractivity contribution in [3.8, 4) is 5.69 Å². The number of pyridine rings is 1. The molecular weight excluding hydrogens is 424 g/mol. The van der Waals surface area contributed by atoms with Gasteiger partial charge in [0.2, 0.25) is 0 Å². The molecule has 0 saturated heterocycles. The monoisotopic (exact) mass is 444 g/mol. The first-order valence-electron chi connectivity index (χ1n) is 12.0. The number of benzene rings is 6. The largest absolute Gasteiger partial charge is 0.309 e. The van der Waals surface area contributed by atoms with Crippen LogP contribution in [-0.2, 0) is 0 Å². The zero-order valence-corrected chi connectivity index (χ0v) is 18.9. The Bertz CT molecular complexity index is 2100. The Hall–Kier alpha value is -4.69. The Kier molecular flexibility index (Phi) is 3.69. The lowest BCUT2D eigenvalue weighted by Gasteiger charge is -2.12. The minimum atomic E-state index is 1.12. The molecule has 0 amide bonds. The highest BCUT2D eigenvalue weighted by Gasteiger charge is 2.17. The maximum atomic E-state index is 4.28. The van der Waals surface area contributed by atoms with Crippen LogP contribution in [0.3, 0.4) is 0 Å². The number of hydrogen-bond acceptors (Lipinski definition) is 1. The van der Waals surface area contributed by atoms with Crippen LogP contribution in [0.25, 0.3) is 70.6 Å². The van der Waals surface area contributed by atoms with E-state index < -0.39 is 0 Å². The molecule has 2 aromatic heterocycles. The summed E-state index contributed by atoms with van der Waals surface area (Å²) in [7, 11) is 0. The van der Waals surface area contributed by atoms with Crippen molar-refractivity contribution in [1.29, 1.82) is 0 Å². The number of nitrogens with zero attached hydrogens (tertiary/aromatic N) is 2. The molecule has 2 heterocycles. The first kappa shape index (κ1) is 18.7. The molecule has 2 nitrogen and oxygen atoms in total. The van der Waals surface area contributed by atoms with E-state index in [1.165, 1.54) is 64.9 Å². The normalized spacial score (nSPS) is 12.0. The van der Waals surface area contributed by atoms with Gasteiger partial charge in [-0.25, -0.2) is 0 Å². The van der Waals surface area contributed by atoms with Gasteiger partial charge in [0.1, 0.15) is 0 Å². The minimum Gasteiger partial charge on any atom is -0.309 e. The Morgan fingerprint density at radius 3 is 1.69 bits per heavy atom. The van der Waals surface area contributed by atoms with Crippen molar-refractivity contribution in [2.75, 3.05) is 0 Å². The quantitative estimate of drug-likeness (QED) is 0.231. The van der Waals surface area contributed by atoms with Gasteiger partial charge in [0.05, 0.1) is 11.0 Å². The average Bonchev–Trinajstić information content (AvgIpc) is 3.26. The highest BCUT2D eigenvalue weighted by molar-refractivity contribution is 6.30. The van der Waals surface area contributed by atoms with E-state index in [1.54, 1.807) is 0 Å². The number of aromatic nitrogens is 2. The van der Waals surface area contributed by atoms with E-state index in [1.807, 2.05) is 12.4 Å². The molecule has 0 spiro atoms. The summed E-state index contributed by atoms with van der Waals surface area (Å²) in [4.78, 5) is 4.28. The SMILES string of the molecule is c1ccc2c(c1)ccc1c2c2cc3c4ccccc4c4ccccc4c3cc2n1-c1ccncc1. The van der Waals surface area contributed by atoms with Crippen molar-refractivity contribution >= 4 is 64.9 Å². The predicted molar refractivity (Wildman–Crippen MR) is 149 cm³/mol. The second-order valence-corrected chi connectivity index (χ2v) is 9.23. The first-order valence-corrected chi connectivity index (χ1v) is 12.0. The third-order valence-corrected chi connectivity index (χ3v) is 7.44. The summed E-state index contributed by atoms with van der Waals surface area (Å²) < 4.78 is 2.39. The molecule has 0 atom stereocenters. The summed E-state index contributed by atoms with van der Waals surface area (Å²) in [5.41, 5.74) is 3.56. The first-order chi connectivity index (χ1) is 17.4. The van der Waals surface area contributed by atoms with Gasteiger partial charge in [-0.15, -0.1) is 0 Å². The molecule has 162 valence electrons. The predicted octanol–water partition coefficient (Wildman–Crippen LogP) is 8.79. The van der Waals surface area contributed by atoms with Crippen molar-refractivity contribution in [2.45, 2.75) is 0 Å². The van der Waals surface area contributed by atoms with E-state index in [-0.39, 0.29) is 0 Å². The number of rotatable bonds is 1. The summed E-state index contributed by atoms with van der Waals surface area (Å²) in [6.07, 6.45) is 3.75. The maximum absolute atomic E-state index is 4.28. The fraction of sp³-hybridized carbons (Fsp3) is 0. The van der Waals surface area contributed by atoms with E-state index in [0.29, 0.717) is 0 Å². The van der Waals surface area contributed by atoms with Crippen LogP contribution in [0.2, 0.25) is 0 Å². The molecule has 6 aromatic carbocycles. The number of hydrogen-bond donors (Lipinski definition) is 0. The van der Waals surface area contributed by atoms with Crippen LogP contribution in [-0.4, -0.2) is 9.55 Å². The molecular formula is C33H20N2. The molecule has 0 aliphatic rings. The minimum absolute atomic E-state index is 1.12. The third kappa shape index (κ3) is 2.51. The fourth-order valence-electron chi connectivity index (χ4n) is 5.96. The molecule has 0 unspecified atom stereocenters. The van der Waals surface area contributed by atoms with Gasteiger partial charge in [-0.05, 0) is 73.4 Å². The lowest BCUT2D eigenvalue weighted by Crippen LogP contribution is -1.94. The van der Waals surface area contributed by atoms with Crippen molar-refractivity contribution in [2.24, 2.45) is 0 Å². The third-order valence-electron chi connectivity index (χ3n) is 7.44. The van der Waals surface area contributed by atoms with Gasteiger partial charge in [0.25, 0.3) is 0 Å². The van der Waals surface area contributed by atoms with Crippen LogP contribution in [0, 0.1) is 0 Å². The van der Waals surface area contributed by atoms with E-state index >= 15 is 0 Å². The van der Waals surface area contributed by atoms with Crippen LogP contribution in [0.15, 0.2) is 122 Å².